The second-order valence-corrected chi connectivity index (χ2v) is 16.0. The zero-order chi connectivity index (χ0) is 36.6. The Bertz CT molecular complexity index is 2430. The number of benzene rings is 2. The Morgan fingerprint density at radius 3 is 2.76 bits per heavy atom. The van der Waals surface area contributed by atoms with Gasteiger partial charge in [0.2, 0.25) is 5.88 Å². The Balaban J connectivity index is 1.14. The summed E-state index contributed by atoms with van der Waals surface area (Å²) < 4.78 is 39.2. The fourth-order valence-electron chi connectivity index (χ4n) is 9.96. The van der Waals surface area contributed by atoms with Crippen molar-refractivity contribution in [3.63, 3.8) is 0 Å². The largest absolute Gasteiger partial charge is 0.472 e. The molecular weight excluding hydrogens is 684 g/mol. The van der Waals surface area contributed by atoms with Crippen LogP contribution in [0.2, 0.25) is 0 Å². The predicted octanol–water partition coefficient (Wildman–Crippen LogP) is 8.06. The van der Waals surface area contributed by atoms with Crippen LogP contribution in [-0.2, 0) is 31.9 Å². The van der Waals surface area contributed by atoms with Crippen LogP contribution in [0.1, 0.15) is 87.1 Å². The molecule has 10 rings (SSSR count). The van der Waals surface area contributed by atoms with Crippen molar-refractivity contribution < 1.29 is 18.6 Å². The SMILES string of the molecule is C[C@@H]1CCCc2cc3c(cnn3C3CCCCO3)c(-c3nn(C)c4c5c(OCc6ccccc6)nc(OC[C@@]67CCCN6C/C(=C\F)C7)nc5n(C)c34)c21. The zero-order valence-corrected chi connectivity index (χ0v) is 31.4. The molecule has 280 valence electrons. The van der Waals surface area contributed by atoms with E-state index >= 15 is 0 Å². The molecule has 3 fully saturated rings. The number of hydrogen-bond acceptors (Lipinski definition) is 8. The molecule has 0 bridgehead atoms. The molecule has 3 saturated heterocycles. The molecule has 4 aromatic heterocycles. The molecule has 12 heteroatoms. The maximum atomic E-state index is 13.7. The van der Waals surface area contributed by atoms with Crippen molar-refractivity contribution in [1.29, 1.82) is 0 Å². The summed E-state index contributed by atoms with van der Waals surface area (Å²) in [6.07, 6.45) is 11.9. The standard InChI is InChI=1S/C42H47FN8O3/c1-26-11-9-14-29-19-31-30(22-44-51(31)32-15-7-8-18-52-32)34(33(26)29)36-38-37(49(3)47-36)35-39(48(38)2)45-41(46-40(35)53-24-27-12-5-4-6-13-27)54-25-42-16-10-17-50(42)23-28(20-42)21-43/h4-6,12-13,19,21-22,26,32H,7-11,14-18,20,23-25H2,1-3H3/b28-21-/t26-,32?,42+/m1/s1. The highest BCUT2D eigenvalue weighted by molar-refractivity contribution is 6.14. The van der Waals surface area contributed by atoms with E-state index in [1.807, 2.05) is 48.3 Å². The first-order valence-corrected chi connectivity index (χ1v) is 19.6. The number of halogens is 1. The Hall–Kier alpha value is -4.81. The number of hydrogen-bond donors (Lipinski definition) is 0. The summed E-state index contributed by atoms with van der Waals surface area (Å²) in [5.74, 6) is 0.822. The van der Waals surface area contributed by atoms with Gasteiger partial charge in [-0.15, -0.1) is 0 Å². The maximum absolute atomic E-state index is 13.7. The minimum Gasteiger partial charge on any atom is -0.472 e. The van der Waals surface area contributed by atoms with Crippen LogP contribution in [0.4, 0.5) is 4.39 Å². The van der Waals surface area contributed by atoms with E-state index in [0.717, 1.165) is 121 Å². The van der Waals surface area contributed by atoms with Crippen molar-refractivity contribution in [3.8, 4) is 23.1 Å². The van der Waals surface area contributed by atoms with E-state index in [-0.39, 0.29) is 17.8 Å². The van der Waals surface area contributed by atoms with Crippen molar-refractivity contribution in [2.75, 3.05) is 26.3 Å². The maximum Gasteiger partial charge on any atom is 0.321 e. The molecule has 0 N–H and O–H groups in total. The van der Waals surface area contributed by atoms with Gasteiger partial charge in [0.05, 0.1) is 29.1 Å². The summed E-state index contributed by atoms with van der Waals surface area (Å²) >= 11 is 0. The van der Waals surface area contributed by atoms with Crippen LogP contribution in [0.15, 0.2) is 54.5 Å². The highest BCUT2D eigenvalue weighted by Crippen LogP contribution is 2.47. The number of aryl methyl sites for hydroxylation is 3. The number of nitrogens with zero attached hydrogens (tertiary/aromatic N) is 8. The Morgan fingerprint density at radius 1 is 1.04 bits per heavy atom. The summed E-state index contributed by atoms with van der Waals surface area (Å²) in [7, 11) is 4.05. The van der Waals surface area contributed by atoms with Crippen molar-refractivity contribution in [1.82, 2.24) is 39.0 Å². The second-order valence-electron chi connectivity index (χ2n) is 16.0. The first-order valence-electron chi connectivity index (χ1n) is 19.6. The third-order valence-corrected chi connectivity index (χ3v) is 12.6. The van der Waals surface area contributed by atoms with Crippen molar-refractivity contribution >= 4 is 33.0 Å². The van der Waals surface area contributed by atoms with Gasteiger partial charge in [0.25, 0.3) is 0 Å². The number of rotatable bonds is 8. The van der Waals surface area contributed by atoms with Gasteiger partial charge in [-0.3, -0.25) is 9.58 Å². The molecule has 4 aliphatic rings. The van der Waals surface area contributed by atoms with E-state index < -0.39 is 0 Å². The lowest BCUT2D eigenvalue weighted by molar-refractivity contribution is -0.0366. The van der Waals surface area contributed by atoms with Crippen LogP contribution in [-0.4, -0.2) is 70.8 Å². The number of fused-ring (bicyclic) bond motifs is 6. The van der Waals surface area contributed by atoms with E-state index in [4.69, 9.17) is 34.4 Å². The molecule has 3 atom stereocenters. The van der Waals surface area contributed by atoms with E-state index in [0.29, 0.717) is 43.6 Å². The molecule has 6 aromatic rings. The first kappa shape index (κ1) is 33.7. The molecule has 0 amide bonds. The molecule has 1 unspecified atom stereocenters. The lowest BCUT2D eigenvalue weighted by atomic mass is 9.79. The topological polar surface area (TPSA) is 97.3 Å². The van der Waals surface area contributed by atoms with Gasteiger partial charge in [0.1, 0.15) is 29.8 Å². The van der Waals surface area contributed by atoms with Crippen LogP contribution >= 0.6 is 0 Å². The van der Waals surface area contributed by atoms with Gasteiger partial charge in [-0.25, -0.2) is 9.07 Å². The summed E-state index contributed by atoms with van der Waals surface area (Å²) in [6, 6.07) is 12.7. The van der Waals surface area contributed by atoms with Crippen molar-refractivity contribution in [2.45, 2.75) is 89.0 Å². The normalized spacial score (nSPS) is 23.9. The van der Waals surface area contributed by atoms with Gasteiger partial charge < -0.3 is 18.8 Å². The second kappa shape index (κ2) is 13.2. The van der Waals surface area contributed by atoms with E-state index in [1.165, 1.54) is 11.1 Å². The molecule has 11 nitrogen and oxygen atoms in total. The monoisotopic (exact) mass is 730 g/mol. The molecule has 54 heavy (non-hydrogen) atoms. The smallest absolute Gasteiger partial charge is 0.321 e. The van der Waals surface area contributed by atoms with Gasteiger partial charge >= 0.3 is 6.01 Å². The van der Waals surface area contributed by atoms with E-state index in [2.05, 4.69) is 34.2 Å². The highest BCUT2D eigenvalue weighted by atomic mass is 19.1. The van der Waals surface area contributed by atoms with E-state index in [1.54, 1.807) is 0 Å². The fourth-order valence-corrected chi connectivity index (χ4v) is 9.96. The summed E-state index contributed by atoms with van der Waals surface area (Å²) in [5.41, 5.74) is 10.1. The first-order chi connectivity index (χ1) is 26.4. The van der Waals surface area contributed by atoms with Gasteiger partial charge in [-0.2, -0.15) is 20.2 Å². The minimum atomic E-state index is -0.251. The lowest BCUT2D eigenvalue weighted by Gasteiger charge is -2.30. The molecular formula is C42H47FN8O3. The Labute approximate surface area is 313 Å². The Kier molecular flexibility index (Phi) is 8.24. The van der Waals surface area contributed by atoms with Crippen LogP contribution in [0.5, 0.6) is 11.9 Å². The molecule has 1 aliphatic carbocycles. The van der Waals surface area contributed by atoms with E-state index in [9.17, 15) is 4.39 Å². The number of ether oxygens (including phenoxy) is 3. The molecule has 3 aliphatic heterocycles. The lowest BCUT2D eigenvalue weighted by Crippen LogP contribution is -2.43. The average Bonchev–Trinajstić information content (AvgIpc) is 4.00. The molecule has 0 spiro atoms. The third-order valence-electron chi connectivity index (χ3n) is 12.6. The summed E-state index contributed by atoms with van der Waals surface area (Å²) in [4.78, 5) is 12.4. The van der Waals surface area contributed by atoms with Crippen LogP contribution < -0.4 is 9.47 Å². The molecule has 0 saturated carbocycles. The van der Waals surface area contributed by atoms with Crippen LogP contribution in [0.25, 0.3) is 44.2 Å². The zero-order valence-electron chi connectivity index (χ0n) is 31.4. The summed E-state index contributed by atoms with van der Waals surface area (Å²) in [5, 5.41) is 12.2. The number of aromatic nitrogens is 7. The molecule has 0 radical (unpaired) electrons. The van der Waals surface area contributed by atoms with Crippen molar-refractivity contribution in [2.24, 2.45) is 14.1 Å². The third kappa shape index (κ3) is 5.35. The van der Waals surface area contributed by atoms with Crippen molar-refractivity contribution in [3.05, 3.63) is 71.2 Å². The molecule has 2 aromatic carbocycles. The summed E-state index contributed by atoms with van der Waals surface area (Å²) in [6.45, 7) is 5.40. The van der Waals surface area contributed by atoms with Gasteiger partial charge in [-0.1, -0.05) is 37.3 Å². The van der Waals surface area contributed by atoms with Gasteiger partial charge in [0.15, 0.2) is 11.9 Å². The Morgan fingerprint density at radius 2 is 1.93 bits per heavy atom. The van der Waals surface area contributed by atoms with Gasteiger partial charge in [0, 0.05) is 38.2 Å². The van der Waals surface area contributed by atoms with Gasteiger partial charge in [-0.05, 0) is 98.6 Å². The average molecular weight is 731 g/mol. The highest BCUT2D eigenvalue weighted by Gasteiger charge is 2.47. The predicted molar refractivity (Wildman–Crippen MR) is 205 cm³/mol. The quantitative estimate of drug-likeness (QED) is 0.155. The minimum absolute atomic E-state index is 0.0674. The molecule has 7 heterocycles. The van der Waals surface area contributed by atoms with Crippen LogP contribution in [0.3, 0.4) is 0 Å². The van der Waals surface area contributed by atoms with Crippen LogP contribution in [0, 0.1) is 0 Å². The fraction of sp³-hybridized carbons (Fsp3) is 0.476.